The van der Waals surface area contributed by atoms with Crippen LogP contribution in [0.3, 0.4) is 0 Å². The van der Waals surface area contributed by atoms with Gasteiger partial charge in [0.25, 0.3) is 0 Å². The van der Waals surface area contributed by atoms with E-state index in [9.17, 15) is 0 Å². The molecule has 3 unspecified atom stereocenters. The number of rotatable bonds is 3. The van der Waals surface area contributed by atoms with E-state index in [0.29, 0.717) is 6.04 Å². The first-order valence-electron chi connectivity index (χ1n) is 4.99. The molecule has 1 rings (SSSR count). The van der Waals surface area contributed by atoms with E-state index in [0.717, 1.165) is 18.4 Å². The van der Waals surface area contributed by atoms with E-state index >= 15 is 0 Å². The molecule has 0 spiro atoms. The molecule has 12 heavy (non-hydrogen) atoms. The minimum absolute atomic E-state index is 0.312. The summed E-state index contributed by atoms with van der Waals surface area (Å²) in [6.45, 7) is 5.42. The van der Waals surface area contributed by atoms with E-state index < -0.39 is 0 Å². The van der Waals surface area contributed by atoms with Gasteiger partial charge in [0.05, 0.1) is 6.04 Å². The molecule has 0 saturated heterocycles. The Labute approximate surface area is 75.9 Å². The zero-order chi connectivity index (χ0) is 8.97. The minimum atomic E-state index is 0.312. The summed E-state index contributed by atoms with van der Waals surface area (Å²) >= 11 is 0. The third-order valence-corrected chi connectivity index (χ3v) is 2.96. The topological polar surface area (TPSA) is 12.0 Å². The molecule has 1 heteroatoms. The molecular formula is C11H19N. The lowest BCUT2D eigenvalue weighted by Crippen LogP contribution is -2.35. The van der Waals surface area contributed by atoms with E-state index in [-0.39, 0.29) is 0 Å². The first kappa shape index (κ1) is 9.61. The molecule has 1 aliphatic carbocycles. The molecule has 0 radical (unpaired) electrons. The highest BCUT2D eigenvalue weighted by Crippen LogP contribution is 2.33. The van der Waals surface area contributed by atoms with Crippen LogP contribution in [0.15, 0.2) is 0 Å². The standard InChI is InChI=1S/C11H19N/c1-4-11(12-5-2)10-8-6-7-9(10)3/h1,9-12H,5-8H2,2-3H3. The summed E-state index contributed by atoms with van der Waals surface area (Å²) in [5, 5.41) is 3.37. The zero-order valence-electron chi connectivity index (χ0n) is 8.14. The van der Waals surface area contributed by atoms with Gasteiger partial charge in [-0.15, -0.1) is 6.42 Å². The summed E-state index contributed by atoms with van der Waals surface area (Å²) in [7, 11) is 0. The third kappa shape index (κ3) is 2.01. The van der Waals surface area contributed by atoms with Crippen LogP contribution in [0.1, 0.15) is 33.1 Å². The summed E-state index contributed by atoms with van der Waals surface area (Å²) in [4.78, 5) is 0. The number of nitrogens with one attached hydrogen (secondary N) is 1. The van der Waals surface area contributed by atoms with E-state index in [1.807, 2.05) is 0 Å². The second-order valence-corrected chi connectivity index (χ2v) is 3.77. The van der Waals surface area contributed by atoms with Gasteiger partial charge in [0.1, 0.15) is 0 Å². The van der Waals surface area contributed by atoms with Gasteiger partial charge in [-0.3, -0.25) is 0 Å². The number of terminal acetylenes is 1. The van der Waals surface area contributed by atoms with Crippen molar-refractivity contribution < 1.29 is 0 Å². The quantitative estimate of drug-likeness (QED) is 0.631. The second kappa shape index (κ2) is 4.52. The second-order valence-electron chi connectivity index (χ2n) is 3.77. The lowest BCUT2D eigenvalue weighted by atomic mass is 9.90. The van der Waals surface area contributed by atoms with Gasteiger partial charge in [0, 0.05) is 0 Å². The van der Waals surface area contributed by atoms with Crippen LogP contribution in [0.5, 0.6) is 0 Å². The molecule has 1 fully saturated rings. The van der Waals surface area contributed by atoms with Gasteiger partial charge in [-0.1, -0.05) is 32.6 Å². The molecule has 0 aromatic rings. The smallest absolute Gasteiger partial charge is 0.0717 e. The van der Waals surface area contributed by atoms with Crippen molar-refractivity contribution in [2.75, 3.05) is 6.54 Å². The van der Waals surface area contributed by atoms with E-state index in [2.05, 4.69) is 25.1 Å². The van der Waals surface area contributed by atoms with Gasteiger partial charge in [0.15, 0.2) is 0 Å². The van der Waals surface area contributed by atoms with Crippen molar-refractivity contribution in [3.63, 3.8) is 0 Å². The van der Waals surface area contributed by atoms with E-state index in [4.69, 9.17) is 6.42 Å². The Hall–Kier alpha value is -0.480. The molecule has 1 saturated carbocycles. The Morgan fingerprint density at radius 1 is 1.58 bits per heavy atom. The van der Waals surface area contributed by atoms with Crippen LogP contribution in [0.25, 0.3) is 0 Å². The van der Waals surface area contributed by atoms with Crippen molar-refractivity contribution in [3.05, 3.63) is 0 Å². The van der Waals surface area contributed by atoms with Gasteiger partial charge in [-0.25, -0.2) is 0 Å². The Bertz CT molecular complexity index is 168. The Kier molecular flexibility index (Phi) is 3.62. The lowest BCUT2D eigenvalue weighted by molar-refractivity contribution is 0.349. The molecule has 0 aromatic heterocycles. The molecule has 0 heterocycles. The normalized spacial score (nSPS) is 31.4. The first-order chi connectivity index (χ1) is 5.79. The van der Waals surface area contributed by atoms with Crippen LogP contribution in [0.2, 0.25) is 0 Å². The van der Waals surface area contributed by atoms with Gasteiger partial charge in [0.2, 0.25) is 0 Å². The average Bonchev–Trinajstić information content (AvgIpc) is 2.47. The molecule has 0 bridgehead atoms. The van der Waals surface area contributed by atoms with Crippen LogP contribution >= 0.6 is 0 Å². The maximum atomic E-state index is 5.49. The first-order valence-corrected chi connectivity index (χ1v) is 4.99. The van der Waals surface area contributed by atoms with E-state index in [1.165, 1.54) is 19.3 Å². The van der Waals surface area contributed by atoms with Gasteiger partial charge in [-0.05, 0) is 24.8 Å². The Balaban J connectivity index is 2.48. The minimum Gasteiger partial charge on any atom is -0.304 e. The largest absolute Gasteiger partial charge is 0.304 e. The van der Waals surface area contributed by atoms with Crippen LogP contribution in [0.4, 0.5) is 0 Å². The number of hydrogen-bond acceptors (Lipinski definition) is 1. The summed E-state index contributed by atoms with van der Waals surface area (Å²) in [5.74, 6) is 4.39. The maximum Gasteiger partial charge on any atom is 0.0717 e. The van der Waals surface area contributed by atoms with Crippen molar-refractivity contribution in [1.29, 1.82) is 0 Å². The van der Waals surface area contributed by atoms with Crippen molar-refractivity contribution in [3.8, 4) is 12.3 Å². The molecule has 1 aliphatic rings. The van der Waals surface area contributed by atoms with Crippen LogP contribution in [0, 0.1) is 24.2 Å². The molecule has 3 atom stereocenters. The van der Waals surface area contributed by atoms with Crippen molar-refractivity contribution in [2.45, 2.75) is 39.2 Å². The molecule has 68 valence electrons. The highest BCUT2D eigenvalue weighted by molar-refractivity contribution is 5.04. The van der Waals surface area contributed by atoms with E-state index in [1.54, 1.807) is 0 Å². The fourth-order valence-electron chi connectivity index (χ4n) is 2.22. The lowest BCUT2D eigenvalue weighted by Gasteiger charge is -2.22. The highest BCUT2D eigenvalue weighted by Gasteiger charge is 2.28. The maximum absolute atomic E-state index is 5.49. The number of hydrogen-bond donors (Lipinski definition) is 1. The van der Waals surface area contributed by atoms with Crippen molar-refractivity contribution in [2.24, 2.45) is 11.8 Å². The van der Waals surface area contributed by atoms with Gasteiger partial charge < -0.3 is 5.32 Å². The molecular weight excluding hydrogens is 146 g/mol. The predicted octanol–water partition coefficient (Wildman–Crippen LogP) is 2.03. The highest BCUT2D eigenvalue weighted by atomic mass is 14.9. The fourth-order valence-corrected chi connectivity index (χ4v) is 2.22. The summed E-state index contributed by atoms with van der Waals surface area (Å²) in [5.41, 5.74) is 0. The van der Waals surface area contributed by atoms with Crippen LogP contribution < -0.4 is 5.32 Å². The molecule has 1 N–H and O–H groups in total. The van der Waals surface area contributed by atoms with Crippen molar-refractivity contribution in [1.82, 2.24) is 5.32 Å². The summed E-state index contributed by atoms with van der Waals surface area (Å²) in [6, 6.07) is 0.312. The molecule has 0 amide bonds. The predicted molar refractivity (Wildman–Crippen MR) is 52.8 cm³/mol. The van der Waals surface area contributed by atoms with Crippen LogP contribution in [-0.4, -0.2) is 12.6 Å². The monoisotopic (exact) mass is 165 g/mol. The van der Waals surface area contributed by atoms with Crippen molar-refractivity contribution >= 4 is 0 Å². The summed E-state index contributed by atoms with van der Waals surface area (Å²) < 4.78 is 0. The average molecular weight is 165 g/mol. The SMILES string of the molecule is C#CC(NCC)C1CCCC1C. The molecule has 0 aliphatic heterocycles. The van der Waals surface area contributed by atoms with Crippen LogP contribution in [-0.2, 0) is 0 Å². The fraction of sp³-hybridized carbons (Fsp3) is 0.818. The molecule has 1 nitrogen and oxygen atoms in total. The summed E-state index contributed by atoms with van der Waals surface area (Å²) in [6.07, 6.45) is 9.51. The van der Waals surface area contributed by atoms with Gasteiger partial charge >= 0.3 is 0 Å². The zero-order valence-corrected chi connectivity index (χ0v) is 8.14. The Morgan fingerprint density at radius 3 is 2.75 bits per heavy atom. The Morgan fingerprint density at radius 2 is 2.33 bits per heavy atom. The van der Waals surface area contributed by atoms with Gasteiger partial charge in [-0.2, -0.15) is 0 Å². The third-order valence-electron chi connectivity index (χ3n) is 2.96. The molecule has 0 aromatic carbocycles.